The summed E-state index contributed by atoms with van der Waals surface area (Å²) in [4.78, 5) is 17.5. The van der Waals surface area contributed by atoms with Crippen LogP contribution in [0.25, 0.3) is 0 Å². The number of piperazine rings is 1. The van der Waals surface area contributed by atoms with Crippen LogP contribution in [0.4, 0.5) is 0 Å². The molecule has 1 saturated heterocycles. The summed E-state index contributed by atoms with van der Waals surface area (Å²) < 4.78 is 23.7. The third kappa shape index (κ3) is 4.70. The molecular formula is C20H31N3O3S. The highest BCUT2D eigenvalue weighted by molar-refractivity contribution is 7.89. The van der Waals surface area contributed by atoms with Crippen molar-refractivity contribution < 1.29 is 13.2 Å². The lowest BCUT2D eigenvalue weighted by Gasteiger charge is -2.39. The monoisotopic (exact) mass is 393 g/mol. The van der Waals surface area contributed by atoms with Gasteiger partial charge in [0.2, 0.25) is 15.9 Å². The highest BCUT2D eigenvalue weighted by atomic mass is 32.2. The van der Waals surface area contributed by atoms with Crippen LogP contribution < -0.4 is 5.14 Å². The number of carbonyl (C=O) groups is 1. The highest BCUT2D eigenvalue weighted by Crippen LogP contribution is 2.38. The Morgan fingerprint density at radius 2 is 1.63 bits per heavy atom. The molecule has 0 spiro atoms. The predicted molar refractivity (Wildman–Crippen MR) is 106 cm³/mol. The molecule has 0 aromatic heterocycles. The summed E-state index contributed by atoms with van der Waals surface area (Å²) in [7, 11) is -3.72. The number of nitrogens with two attached hydrogens (primary N) is 1. The minimum absolute atomic E-state index is 0.0634. The lowest BCUT2D eigenvalue weighted by molar-refractivity contribution is -0.138. The van der Waals surface area contributed by atoms with E-state index in [1.807, 2.05) is 17.0 Å². The van der Waals surface area contributed by atoms with Gasteiger partial charge >= 0.3 is 0 Å². The van der Waals surface area contributed by atoms with E-state index in [2.05, 4.69) is 18.7 Å². The summed E-state index contributed by atoms with van der Waals surface area (Å²) in [5.41, 5.74) is 0.802. The van der Waals surface area contributed by atoms with Gasteiger partial charge in [0.25, 0.3) is 0 Å². The second-order valence-electron chi connectivity index (χ2n) is 8.09. The first-order valence-corrected chi connectivity index (χ1v) is 11.5. The van der Waals surface area contributed by atoms with E-state index < -0.39 is 10.0 Å². The molecule has 1 aromatic carbocycles. The maximum atomic E-state index is 12.9. The molecule has 1 saturated carbocycles. The normalized spacial score (nSPS) is 25.0. The van der Waals surface area contributed by atoms with Gasteiger partial charge < -0.3 is 4.90 Å². The molecule has 1 aromatic rings. The molecule has 1 aliphatic heterocycles. The Kier molecular flexibility index (Phi) is 6.23. The molecule has 2 N–H and O–H groups in total. The molecule has 0 radical (unpaired) electrons. The molecule has 1 heterocycles. The standard InChI is InChI=1S/C20H31N3O3S/c1-15(2)22-11-13-23(14-12-22)20(24)17-9-7-16(8-10-17)18-5-3-4-6-19(18)27(21,25)26/h3-6,15-17H,7-14H2,1-2H3,(H2,21,25,26). The van der Waals surface area contributed by atoms with Gasteiger partial charge in [0.15, 0.2) is 0 Å². The zero-order chi connectivity index (χ0) is 19.6. The van der Waals surface area contributed by atoms with Crippen LogP contribution >= 0.6 is 0 Å². The Labute approximate surface area is 162 Å². The van der Waals surface area contributed by atoms with Gasteiger partial charge in [-0.2, -0.15) is 0 Å². The van der Waals surface area contributed by atoms with Crippen molar-refractivity contribution in [3.05, 3.63) is 29.8 Å². The number of hydrogen-bond donors (Lipinski definition) is 1. The molecule has 1 aliphatic carbocycles. The second-order valence-corrected chi connectivity index (χ2v) is 9.62. The van der Waals surface area contributed by atoms with Crippen molar-refractivity contribution in [1.82, 2.24) is 9.80 Å². The molecule has 7 heteroatoms. The van der Waals surface area contributed by atoms with Crippen molar-refractivity contribution >= 4 is 15.9 Å². The van der Waals surface area contributed by atoms with Crippen molar-refractivity contribution in [2.24, 2.45) is 11.1 Å². The van der Waals surface area contributed by atoms with E-state index >= 15 is 0 Å². The van der Waals surface area contributed by atoms with Gasteiger partial charge in [-0.05, 0) is 57.1 Å². The lowest BCUT2D eigenvalue weighted by atomic mass is 9.78. The first-order valence-electron chi connectivity index (χ1n) is 9.92. The van der Waals surface area contributed by atoms with Gasteiger partial charge in [-0.3, -0.25) is 9.69 Å². The van der Waals surface area contributed by atoms with Gasteiger partial charge in [0.1, 0.15) is 0 Å². The summed E-state index contributed by atoms with van der Waals surface area (Å²) >= 11 is 0. The maximum Gasteiger partial charge on any atom is 0.238 e. The molecule has 27 heavy (non-hydrogen) atoms. The third-order valence-electron chi connectivity index (χ3n) is 6.10. The minimum atomic E-state index is -3.72. The van der Waals surface area contributed by atoms with Crippen LogP contribution in [-0.4, -0.2) is 56.3 Å². The highest BCUT2D eigenvalue weighted by Gasteiger charge is 2.33. The Hall–Kier alpha value is -1.44. The van der Waals surface area contributed by atoms with Crippen LogP contribution in [0.15, 0.2) is 29.2 Å². The quantitative estimate of drug-likeness (QED) is 0.850. The van der Waals surface area contributed by atoms with Gasteiger partial charge in [0.05, 0.1) is 4.90 Å². The number of hydrogen-bond acceptors (Lipinski definition) is 4. The van der Waals surface area contributed by atoms with E-state index in [9.17, 15) is 13.2 Å². The fraction of sp³-hybridized carbons (Fsp3) is 0.650. The Bertz CT molecular complexity index is 762. The molecule has 2 fully saturated rings. The van der Waals surface area contributed by atoms with Crippen LogP contribution in [0.5, 0.6) is 0 Å². The average molecular weight is 394 g/mol. The molecule has 0 bridgehead atoms. The zero-order valence-electron chi connectivity index (χ0n) is 16.3. The van der Waals surface area contributed by atoms with Gasteiger partial charge in [-0.25, -0.2) is 13.6 Å². The largest absolute Gasteiger partial charge is 0.340 e. The van der Waals surface area contributed by atoms with Crippen molar-refractivity contribution in [3.8, 4) is 0 Å². The van der Waals surface area contributed by atoms with Crippen LogP contribution in [0.2, 0.25) is 0 Å². The van der Waals surface area contributed by atoms with Crippen LogP contribution in [0.3, 0.4) is 0 Å². The number of benzene rings is 1. The summed E-state index contributed by atoms with van der Waals surface area (Å²) in [6.45, 7) is 7.90. The summed E-state index contributed by atoms with van der Waals surface area (Å²) in [6.07, 6.45) is 3.28. The topological polar surface area (TPSA) is 83.7 Å². The van der Waals surface area contributed by atoms with E-state index in [0.29, 0.717) is 6.04 Å². The van der Waals surface area contributed by atoms with Gasteiger partial charge in [-0.1, -0.05) is 18.2 Å². The van der Waals surface area contributed by atoms with Crippen molar-refractivity contribution in [3.63, 3.8) is 0 Å². The van der Waals surface area contributed by atoms with E-state index in [-0.39, 0.29) is 22.6 Å². The van der Waals surface area contributed by atoms with Gasteiger partial charge in [0, 0.05) is 38.1 Å². The first kappa shape index (κ1) is 20.3. The number of primary sulfonamides is 1. The lowest BCUT2D eigenvalue weighted by Crippen LogP contribution is -2.52. The predicted octanol–water partition coefficient (Wildman–Crippen LogP) is 2.16. The number of nitrogens with zero attached hydrogens (tertiary/aromatic N) is 2. The van der Waals surface area contributed by atoms with E-state index in [1.165, 1.54) is 0 Å². The molecule has 0 atom stereocenters. The summed E-state index contributed by atoms with van der Waals surface area (Å²) in [5, 5.41) is 5.38. The fourth-order valence-corrected chi connectivity index (χ4v) is 5.28. The maximum absolute atomic E-state index is 12.9. The second kappa shape index (κ2) is 8.29. The van der Waals surface area contributed by atoms with Crippen molar-refractivity contribution in [1.29, 1.82) is 0 Å². The SMILES string of the molecule is CC(C)N1CCN(C(=O)C2CCC(c3ccccc3S(N)(=O)=O)CC2)CC1. The van der Waals surface area contributed by atoms with Gasteiger partial charge in [-0.15, -0.1) is 0 Å². The van der Waals surface area contributed by atoms with E-state index in [1.54, 1.807) is 12.1 Å². The Morgan fingerprint density at radius 3 is 2.19 bits per heavy atom. The molecule has 3 rings (SSSR count). The summed E-state index contributed by atoms with van der Waals surface area (Å²) in [5.74, 6) is 0.492. The number of sulfonamides is 1. The van der Waals surface area contributed by atoms with E-state index in [0.717, 1.165) is 57.4 Å². The first-order chi connectivity index (χ1) is 12.8. The third-order valence-corrected chi connectivity index (χ3v) is 7.08. The minimum Gasteiger partial charge on any atom is -0.340 e. The zero-order valence-corrected chi connectivity index (χ0v) is 17.1. The number of rotatable bonds is 4. The van der Waals surface area contributed by atoms with Crippen molar-refractivity contribution in [2.75, 3.05) is 26.2 Å². The van der Waals surface area contributed by atoms with Crippen LogP contribution in [0, 0.1) is 5.92 Å². The van der Waals surface area contributed by atoms with Crippen LogP contribution in [-0.2, 0) is 14.8 Å². The van der Waals surface area contributed by atoms with Crippen LogP contribution in [0.1, 0.15) is 51.0 Å². The molecule has 1 amide bonds. The van der Waals surface area contributed by atoms with E-state index in [4.69, 9.17) is 5.14 Å². The molecule has 2 aliphatic rings. The average Bonchev–Trinajstić information content (AvgIpc) is 2.67. The molecule has 0 unspecified atom stereocenters. The Morgan fingerprint density at radius 1 is 1.04 bits per heavy atom. The number of carbonyl (C=O) groups excluding carboxylic acids is 1. The smallest absolute Gasteiger partial charge is 0.238 e. The van der Waals surface area contributed by atoms with Crippen molar-refractivity contribution in [2.45, 2.75) is 56.4 Å². The molecular weight excluding hydrogens is 362 g/mol. The fourth-order valence-electron chi connectivity index (χ4n) is 4.45. The molecule has 150 valence electrons. The summed E-state index contributed by atoms with van der Waals surface area (Å²) in [6, 6.07) is 7.52. The Balaban J connectivity index is 1.59. The number of amides is 1. The molecule has 6 nitrogen and oxygen atoms in total.